The maximum atomic E-state index is 5.97. The average molecular weight is 298 g/mol. The zero-order valence-corrected chi connectivity index (χ0v) is 11.3. The Bertz CT molecular complexity index is 420. The van der Waals surface area contributed by atoms with E-state index in [1.54, 1.807) is 0 Å². The van der Waals surface area contributed by atoms with E-state index in [4.69, 9.17) is 11.6 Å². The van der Waals surface area contributed by atoms with E-state index >= 15 is 0 Å². The molecule has 0 aromatic heterocycles. The molecule has 2 heteroatoms. The van der Waals surface area contributed by atoms with E-state index in [0.29, 0.717) is 5.92 Å². The molecule has 0 amide bonds. The number of hydrogen-bond acceptors (Lipinski definition) is 0. The molecule has 0 heterocycles. The summed E-state index contributed by atoms with van der Waals surface area (Å²) in [6, 6.07) is 7.92. The van der Waals surface area contributed by atoms with E-state index in [1.807, 2.05) is 18.2 Å². The summed E-state index contributed by atoms with van der Waals surface area (Å²) in [6.45, 7) is 0. The van der Waals surface area contributed by atoms with Gasteiger partial charge in [-0.3, -0.25) is 0 Å². The number of hydrogen-bond donors (Lipinski definition) is 0. The lowest BCUT2D eigenvalue weighted by Gasteiger charge is -2.12. The molecular formula is C14H14BrCl. The second-order valence-electron chi connectivity index (χ2n) is 4.05. The van der Waals surface area contributed by atoms with Gasteiger partial charge in [-0.25, -0.2) is 0 Å². The van der Waals surface area contributed by atoms with Gasteiger partial charge in [0.25, 0.3) is 0 Å². The Morgan fingerprint density at radius 1 is 1.44 bits per heavy atom. The van der Waals surface area contributed by atoms with Gasteiger partial charge in [-0.05, 0) is 42.9 Å². The monoisotopic (exact) mass is 296 g/mol. The van der Waals surface area contributed by atoms with Crippen LogP contribution in [0.25, 0.3) is 4.48 Å². The van der Waals surface area contributed by atoms with Gasteiger partial charge in [0.2, 0.25) is 0 Å². The molecule has 1 aliphatic rings. The number of halogens is 2. The summed E-state index contributed by atoms with van der Waals surface area (Å²) in [6.07, 6.45) is 10.6. The van der Waals surface area contributed by atoms with Gasteiger partial charge in [-0.1, -0.05) is 57.9 Å². The predicted octanol–water partition coefficient (Wildman–Crippen LogP) is 5.43. The van der Waals surface area contributed by atoms with Crippen molar-refractivity contribution < 1.29 is 0 Å². The average Bonchev–Trinajstić information content (AvgIpc) is 2.30. The highest BCUT2D eigenvalue weighted by atomic mass is 79.9. The molecule has 0 nitrogen and oxygen atoms in total. The SMILES string of the molecule is Clc1cccc(/C(Br)=C\C2C=CCCC2)c1. The van der Waals surface area contributed by atoms with Crippen LogP contribution in [0.1, 0.15) is 24.8 Å². The molecule has 0 saturated carbocycles. The minimum Gasteiger partial charge on any atom is -0.0879 e. The Hall–Kier alpha value is -0.530. The summed E-state index contributed by atoms with van der Waals surface area (Å²) in [7, 11) is 0. The molecule has 0 saturated heterocycles. The lowest BCUT2D eigenvalue weighted by molar-refractivity contribution is 0.632. The normalized spacial score (nSPS) is 21.1. The number of allylic oxidation sites excluding steroid dienone is 3. The minimum absolute atomic E-state index is 0.558. The smallest absolute Gasteiger partial charge is 0.0412 e. The second kappa shape index (κ2) is 5.70. The van der Waals surface area contributed by atoms with E-state index < -0.39 is 0 Å². The topological polar surface area (TPSA) is 0 Å². The lowest BCUT2D eigenvalue weighted by atomic mass is 9.95. The molecule has 1 aliphatic carbocycles. The van der Waals surface area contributed by atoms with Crippen molar-refractivity contribution in [2.75, 3.05) is 0 Å². The van der Waals surface area contributed by atoms with Gasteiger partial charge in [0.05, 0.1) is 0 Å². The van der Waals surface area contributed by atoms with Crippen LogP contribution in [0.3, 0.4) is 0 Å². The molecule has 0 spiro atoms. The van der Waals surface area contributed by atoms with Crippen LogP contribution in [0, 0.1) is 5.92 Å². The van der Waals surface area contributed by atoms with Crippen LogP contribution in [0.2, 0.25) is 5.02 Å². The van der Waals surface area contributed by atoms with Crippen molar-refractivity contribution in [2.45, 2.75) is 19.3 Å². The third-order valence-electron chi connectivity index (χ3n) is 2.75. The van der Waals surface area contributed by atoms with Crippen molar-refractivity contribution in [2.24, 2.45) is 5.92 Å². The van der Waals surface area contributed by atoms with E-state index in [9.17, 15) is 0 Å². The Balaban J connectivity index is 2.17. The summed E-state index contributed by atoms with van der Waals surface area (Å²) >= 11 is 9.59. The fourth-order valence-corrected chi connectivity index (χ4v) is 2.68. The third-order valence-corrected chi connectivity index (χ3v) is 3.71. The van der Waals surface area contributed by atoms with Crippen LogP contribution < -0.4 is 0 Å². The molecule has 84 valence electrons. The van der Waals surface area contributed by atoms with Crippen molar-refractivity contribution in [1.82, 2.24) is 0 Å². The van der Waals surface area contributed by atoms with Gasteiger partial charge >= 0.3 is 0 Å². The van der Waals surface area contributed by atoms with E-state index in [1.165, 1.54) is 19.3 Å². The maximum absolute atomic E-state index is 5.97. The van der Waals surface area contributed by atoms with E-state index in [0.717, 1.165) is 15.1 Å². The maximum Gasteiger partial charge on any atom is 0.0412 e. The van der Waals surface area contributed by atoms with Crippen LogP contribution in [0.5, 0.6) is 0 Å². The molecule has 0 radical (unpaired) electrons. The quantitative estimate of drug-likeness (QED) is 0.638. The number of benzene rings is 1. The zero-order valence-electron chi connectivity index (χ0n) is 9.00. The predicted molar refractivity (Wildman–Crippen MR) is 74.8 cm³/mol. The molecule has 16 heavy (non-hydrogen) atoms. The highest BCUT2D eigenvalue weighted by Gasteiger charge is 2.07. The molecule has 0 fully saturated rings. The minimum atomic E-state index is 0.558. The largest absolute Gasteiger partial charge is 0.0879 e. The molecular weight excluding hydrogens is 284 g/mol. The van der Waals surface area contributed by atoms with Gasteiger partial charge in [-0.15, -0.1) is 0 Å². The fourth-order valence-electron chi connectivity index (χ4n) is 1.90. The van der Waals surface area contributed by atoms with E-state index in [2.05, 4.69) is 40.2 Å². The molecule has 2 rings (SSSR count). The van der Waals surface area contributed by atoms with Crippen LogP contribution >= 0.6 is 27.5 Å². The molecule has 1 unspecified atom stereocenters. The van der Waals surface area contributed by atoms with Crippen molar-refractivity contribution in [3.05, 3.63) is 53.1 Å². The lowest BCUT2D eigenvalue weighted by Crippen LogP contribution is -1.97. The summed E-state index contributed by atoms with van der Waals surface area (Å²) in [5.41, 5.74) is 1.14. The molecule has 1 atom stereocenters. The van der Waals surface area contributed by atoms with Crippen LogP contribution in [-0.2, 0) is 0 Å². The molecule has 1 aromatic rings. The number of rotatable bonds is 2. The summed E-state index contributed by atoms with van der Waals surface area (Å²) < 4.78 is 1.13. The summed E-state index contributed by atoms with van der Waals surface area (Å²) in [5, 5.41) is 0.780. The van der Waals surface area contributed by atoms with Gasteiger partial charge in [-0.2, -0.15) is 0 Å². The van der Waals surface area contributed by atoms with E-state index in [-0.39, 0.29) is 0 Å². The highest BCUT2D eigenvalue weighted by Crippen LogP contribution is 2.28. The van der Waals surface area contributed by atoms with Crippen LogP contribution in [0.4, 0.5) is 0 Å². The standard InChI is InChI=1S/C14H14BrCl/c15-14(9-11-5-2-1-3-6-11)12-7-4-8-13(16)10-12/h2,4-5,7-11H,1,3,6H2/b14-9+. The fraction of sp³-hybridized carbons (Fsp3) is 0.286. The highest BCUT2D eigenvalue weighted by molar-refractivity contribution is 9.15. The Morgan fingerprint density at radius 2 is 2.31 bits per heavy atom. The third kappa shape index (κ3) is 3.23. The summed E-state index contributed by atoms with van der Waals surface area (Å²) in [5.74, 6) is 0.558. The first-order valence-electron chi connectivity index (χ1n) is 5.55. The van der Waals surface area contributed by atoms with Gasteiger partial charge in [0, 0.05) is 9.51 Å². The zero-order chi connectivity index (χ0) is 11.4. The first kappa shape index (κ1) is 11.9. The molecule has 0 N–H and O–H groups in total. The van der Waals surface area contributed by atoms with Crippen molar-refractivity contribution in [3.63, 3.8) is 0 Å². The molecule has 0 bridgehead atoms. The van der Waals surface area contributed by atoms with Crippen LogP contribution in [0.15, 0.2) is 42.5 Å². The molecule has 1 aromatic carbocycles. The van der Waals surface area contributed by atoms with Gasteiger partial charge < -0.3 is 0 Å². The van der Waals surface area contributed by atoms with Gasteiger partial charge in [0.15, 0.2) is 0 Å². The second-order valence-corrected chi connectivity index (χ2v) is 5.34. The van der Waals surface area contributed by atoms with Crippen molar-refractivity contribution >= 4 is 32.0 Å². The van der Waals surface area contributed by atoms with Crippen molar-refractivity contribution in [3.8, 4) is 0 Å². The van der Waals surface area contributed by atoms with Gasteiger partial charge in [0.1, 0.15) is 0 Å². The Labute approximate surface area is 110 Å². The summed E-state index contributed by atoms with van der Waals surface area (Å²) in [4.78, 5) is 0. The van der Waals surface area contributed by atoms with Crippen molar-refractivity contribution in [1.29, 1.82) is 0 Å². The Morgan fingerprint density at radius 3 is 3.00 bits per heavy atom. The first-order valence-corrected chi connectivity index (χ1v) is 6.73. The first-order chi connectivity index (χ1) is 7.75. The molecule has 0 aliphatic heterocycles. The Kier molecular flexibility index (Phi) is 4.25. The van der Waals surface area contributed by atoms with Crippen LogP contribution in [-0.4, -0.2) is 0 Å².